The summed E-state index contributed by atoms with van der Waals surface area (Å²) in [6.07, 6.45) is -1.26. The molecule has 4 heterocycles. The van der Waals surface area contributed by atoms with E-state index in [4.69, 9.17) is 21.8 Å². The number of benzene rings is 1. The number of rotatable bonds is 7. The molecule has 0 unspecified atom stereocenters. The van der Waals surface area contributed by atoms with Crippen LogP contribution < -0.4 is 21.8 Å². The van der Waals surface area contributed by atoms with Crippen LogP contribution in [0.3, 0.4) is 0 Å². The number of aryl methyl sites for hydroxylation is 2. The molecule has 4 N–H and O–H groups in total. The molecule has 226 valence electrons. The maximum atomic E-state index is 12.7. The van der Waals surface area contributed by atoms with Crippen LogP contribution >= 0.6 is 11.6 Å². The SMILES string of the molecule is Cn1ccc2c(-c3ccc(C(F)(F)F)cc3)nnc(NCCO)c2c1=O.Cn1ccc2c(Cl)nnc(NCCO)c2c1=O. The summed E-state index contributed by atoms with van der Waals surface area (Å²) in [7, 11) is 3.22. The average molecular weight is 619 g/mol. The van der Waals surface area contributed by atoms with Crippen LogP contribution in [0.15, 0.2) is 58.4 Å². The van der Waals surface area contributed by atoms with Gasteiger partial charge in [0.1, 0.15) is 5.69 Å². The second-order valence-electron chi connectivity index (χ2n) is 9.15. The summed E-state index contributed by atoms with van der Waals surface area (Å²) in [5.41, 5.74) is -0.583. The molecular weight excluding hydrogens is 593 g/mol. The standard InChI is InChI=1S/C17H15F3N4O2.C10H11ClN4O2/c1-24-8-6-12-13(16(24)26)15(21-7-9-25)23-22-14(12)10-2-4-11(5-3-10)17(18,19)20;1-15-4-2-6-7(10(15)17)9(12-3-5-16)14-13-8(6)11/h2-6,8,25H,7,9H2,1H3,(H,21,23);2,4,16H,3,5H2,1H3,(H,12,14). The van der Waals surface area contributed by atoms with E-state index in [9.17, 15) is 22.8 Å². The summed E-state index contributed by atoms with van der Waals surface area (Å²) in [4.78, 5) is 24.5. The van der Waals surface area contributed by atoms with Crippen LogP contribution in [0.2, 0.25) is 5.15 Å². The number of nitrogens with one attached hydrogen (secondary N) is 2. The third-order valence-corrected chi connectivity index (χ3v) is 6.55. The number of nitrogens with zero attached hydrogens (tertiary/aromatic N) is 6. The maximum absolute atomic E-state index is 12.7. The Morgan fingerprint density at radius 1 is 0.767 bits per heavy atom. The molecule has 5 rings (SSSR count). The van der Waals surface area contributed by atoms with Crippen LogP contribution in [0.1, 0.15) is 5.56 Å². The first kappa shape index (κ1) is 31.3. The highest BCUT2D eigenvalue weighted by atomic mass is 35.5. The van der Waals surface area contributed by atoms with Gasteiger partial charge in [-0.1, -0.05) is 23.7 Å². The second kappa shape index (κ2) is 13.1. The zero-order valence-corrected chi connectivity index (χ0v) is 23.6. The Kier molecular flexibility index (Phi) is 9.58. The van der Waals surface area contributed by atoms with E-state index in [0.29, 0.717) is 39.8 Å². The van der Waals surface area contributed by atoms with E-state index >= 15 is 0 Å². The summed E-state index contributed by atoms with van der Waals surface area (Å²) in [6, 6.07) is 7.87. The highest BCUT2D eigenvalue weighted by molar-refractivity contribution is 6.34. The lowest BCUT2D eigenvalue weighted by Crippen LogP contribution is -2.19. The third kappa shape index (κ3) is 6.74. The number of pyridine rings is 2. The monoisotopic (exact) mass is 618 g/mol. The summed E-state index contributed by atoms with van der Waals surface area (Å²) < 4.78 is 41.0. The minimum Gasteiger partial charge on any atom is -0.395 e. The van der Waals surface area contributed by atoms with Crippen molar-refractivity contribution in [1.29, 1.82) is 0 Å². The molecule has 0 bridgehead atoms. The fourth-order valence-corrected chi connectivity index (χ4v) is 4.31. The third-order valence-electron chi connectivity index (χ3n) is 6.27. The smallest absolute Gasteiger partial charge is 0.395 e. The number of hydrogen-bond acceptors (Lipinski definition) is 10. The summed E-state index contributed by atoms with van der Waals surface area (Å²) in [5.74, 6) is 0.547. The molecule has 0 spiro atoms. The molecule has 4 aromatic heterocycles. The highest BCUT2D eigenvalue weighted by Crippen LogP contribution is 2.32. The molecule has 0 aliphatic rings. The fraction of sp³-hybridized carbons (Fsp3) is 0.259. The van der Waals surface area contributed by atoms with Crippen LogP contribution in [-0.4, -0.2) is 66.0 Å². The predicted octanol–water partition coefficient (Wildman–Crippen LogP) is 2.80. The van der Waals surface area contributed by atoms with E-state index in [1.807, 2.05) is 0 Å². The first-order chi connectivity index (χ1) is 20.5. The largest absolute Gasteiger partial charge is 0.416 e. The van der Waals surface area contributed by atoms with Crippen LogP contribution in [0.5, 0.6) is 0 Å². The normalized spacial score (nSPS) is 11.3. The van der Waals surface area contributed by atoms with Gasteiger partial charge >= 0.3 is 6.18 Å². The van der Waals surface area contributed by atoms with E-state index in [0.717, 1.165) is 12.1 Å². The van der Waals surface area contributed by atoms with Gasteiger partial charge in [-0.05, 0) is 24.3 Å². The number of alkyl halides is 3. The Balaban J connectivity index is 0.000000215. The highest BCUT2D eigenvalue weighted by Gasteiger charge is 2.30. The summed E-state index contributed by atoms with van der Waals surface area (Å²) >= 11 is 5.89. The molecule has 0 aliphatic carbocycles. The lowest BCUT2D eigenvalue weighted by atomic mass is 10.0. The van der Waals surface area contributed by atoms with Crippen molar-refractivity contribution in [2.24, 2.45) is 14.1 Å². The number of aliphatic hydroxyl groups is 2. The summed E-state index contributed by atoms with van der Waals surface area (Å²) in [5, 5.41) is 40.9. The lowest BCUT2D eigenvalue weighted by Gasteiger charge is -2.12. The molecule has 5 aromatic rings. The predicted molar refractivity (Wildman–Crippen MR) is 156 cm³/mol. The van der Waals surface area contributed by atoms with Gasteiger partial charge in [0.15, 0.2) is 16.8 Å². The molecule has 0 radical (unpaired) electrons. The number of aliphatic hydroxyl groups excluding tert-OH is 2. The Bertz CT molecular complexity index is 1880. The van der Waals surface area contributed by atoms with E-state index in [-0.39, 0.29) is 47.2 Å². The average Bonchev–Trinajstić information content (AvgIpc) is 2.99. The van der Waals surface area contributed by atoms with Crippen molar-refractivity contribution in [1.82, 2.24) is 29.5 Å². The van der Waals surface area contributed by atoms with Gasteiger partial charge in [0, 0.05) is 55.9 Å². The molecule has 0 amide bonds. The Morgan fingerprint density at radius 3 is 1.77 bits per heavy atom. The fourth-order valence-electron chi connectivity index (χ4n) is 4.11. The molecule has 0 fully saturated rings. The van der Waals surface area contributed by atoms with E-state index in [2.05, 4.69) is 31.0 Å². The molecule has 0 saturated carbocycles. The van der Waals surface area contributed by atoms with Gasteiger partial charge in [0.2, 0.25) is 0 Å². The number of halogens is 4. The van der Waals surface area contributed by atoms with Gasteiger partial charge in [0.05, 0.1) is 29.5 Å². The molecular formula is C27H26ClF3N8O4. The van der Waals surface area contributed by atoms with E-state index in [1.165, 1.54) is 21.3 Å². The minimum absolute atomic E-state index is 0.0566. The van der Waals surface area contributed by atoms with Crippen molar-refractivity contribution >= 4 is 44.8 Å². The van der Waals surface area contributed by atoms with Gasteiger partial charge < -0.3 is 30.0 Å². The van der Waals surface area contributed by atoms with Crippen LogP contribution in [0.4, 0.5) is 24.8 Å². The van der Waals surface area contributed by atoms with E-state index in [1.54, 1.807) is 38.6 Å². The molecule has 0 saturated heterocycles. The van der Waals surface area contributed by atoms with Gasteiger partial charge in [-0.15, -0.1) is 20.4 Å². The topological polar surface area (TPSA) is 160 Å². The number of aromatic nitrogens is 6. The molecule has 0 aliphatic heterocycles. The lowest BCUT2D eigenvalue weighted by molar-refractivity contribution is -0.137. The molecule has 16 heteroatoms. The minimum atomic E-state index is -4.43. The van der Waals surface area contributed by atoms with Crippen molar-refractivity contribution in [2.75, 3.05) is 36.9 Å². The Hall–Kier alpha value is -4.60. The van der Waals surface area contributed by atoms with Gasteiger partial charge in [0.25, 0.3) is 11.1 Å². The maximum Gasteiger partial charge on any atom is 0.416 e. The van der Waals surface area contributed by atoms with Gasteiger partial charge in [-0.2, -0.15) is 13.2 Å². The second-order valence-corrected chi connectivity index (χ2v) is 9.51. The van der Waals surface area contributed by atoms with Crippen LogP contribution in [0, 0.1) is 0 Å². The first-order valence-electron chi connectivity index (χ1n) is 12.7. The van der Waals surface area contributed by atoms with Crippen molar-refractivity contribution in [2.45, 2.75) is 6.18 Å². The summed E-state index contributed by atoms with van der Waals surface area (Å²) in [6.45, 7) is 0.265. The zero-order chi connectivity index (χ0) is 31.3. The molecule has 1 aromatic carbocycles. The van der Waals surface area contributed by atoms with E-state index < -0.39 is 11.7 Å². The van der Waals surface area contributed by atoms with Crippen molar-refractivity contribution in [3.8, 4) is 11.3 Å². The Morgan fingerprint density at radius 2 is 1.26 bits per heavy atom. The molecule has 0 atom stereocenters. The molecule has 43 heavy (non-hydrogen) atoms. The Labute approximate surface area is 246 Å². The van der Waals surface area contributed by atoms with Crippen molar-refractivity contribution < 1.29 is 23.4 Å². The number of anilines is 2. The quantitative estimate of drug-likeness (QED) is 0.214. The number of hydrogen-bond donors (Lipinski definition) is 4. The number of fused-ring (bicyclic) bond motifs is 2. The van der Waals surface area contributed by atoms with Crippen LogP contribution in [0.25, 0.3) is 32.8 Å². The first-order valence-corrected chi connectivity index (χ1v) is 13.1. The van der Waals surface area contributed by atoms with Gasteiger partial charge in [-0.25, -0.2) is 0 Å². The van der Waals surface area contributed by atoms with Crippen molar-refractivity contribution in [3.63, 3.8) is 0 Å². The zero-order valence-electron chi connectivity index (χ0n) is 22.9. The van der Waals surface area contributed by atoms with Crippen molar-refractivity contribution in [3.05, 3.63) is 80.2 Å². The van der Waals surface area contributed by atoms with Crippen LogP contribution in [-0.2, 0) is 20.3 Å². The van der Waals surface area contributed by atoms with Gasteiger partial charge in [-0.3, -0.25) is 9.59 Å². The molecule has 12 nitrogen and oxygen atoms in total.